The third-order valence-corrected chi connectivity index (χ3v) is 3.75. The summed E-state index contributed by atoms with van der Waals surface area (Å²) < 4.78 is 0. The van der Waals surface area contributed by atoms with E-state index < -0.39 is 0 Å². The molecule has 1 amide bonds. The molecule has 1 unspecified atom stereocenters. The molecule has 0 fully saturated rings. The van der Waals surface area contributed by atoms with E-state index in [0.29, 0.717) is 18.0 Å². The number of aromatic amines is 1. The van der Waals surface area contributed by atoms with Crippen LogP contribution in [0.2, 0.25) is 0 Å². The number of fused-ring (bicyclic) bond motifs is 1. The zero-order valence-corrected chi connectivity index (χ0v) is 12.0. The SMILES string of the molecule is CC(CNC(=O)c1ccc2[nH]ccc2c1)c1ccccc1. The van der Waals surface area contributed by atoms with E-state index in [4.69, 9.17) is 0 Å². The Labute approximate surface area is 124 Å². The van der Waals surface area contributed by atoms with Gasteiger partial charge in [0.25, 0.3) is 5.91 Å². The van der Waals surface area contributed by atoms with Crippen molar-refractivity contribution in [2.75, 3.05) is 6.54 Å². The fraction of sp³-hybridized carbons (Fsp3) is 0.167. The molecule has 3 nitrogen and oxygen atoms in total. The summed E-state index contributed by atoms with van der Waals surface area (Å²) in [5.74, 6) is 0.270. The number of aromatic nitrogens is 1. The topological polar surface area (TPSA) is 44.9 Å². The first-order valence-corrected chi connectivity index (χ1v) is 7.14. The Hall–Kier alpha value is -2.55. The lowest BCUT2D eigenvalue weighted by molar-refractivity contribution is 0.0952. The number of hydrogen-bond donors (Lipinski definition) is 2. The molecule has 3 rings (SSSR count). The fourth-order valence-corrected chi connectivity index (χ4v) is 2.44. The Kier molecular flexibility index (Phi) is 3.73. The Morgan fingerprint density at radius 2 is 1.95 bits per heavy atom. The Balaban J connectivity index is 1.66. The Bertz CT molecular complexity index is 746. The highest BCUT2D eigenvalue weighted by Gasteiger charge is 2.10. The summed E-state index contributed by atoms with van der Waals surface area (Å²) in [5.41, 5.74) is 2.98. The van der Waals surface area contributed by atoms with Crippen molar-refractivity contribution in [2.45, 2.75) is 12.8 Å². The molecule has 1 aromatic heterocycles. The van der Waals surface area contributed by atoms with Crippen LogP contribution in [0, 0.1) is 0 Å². The van der Waals surface area contributed by atoms with Crippen LogP contribution in [-0.2, 0) is 0 Å². The minimum atomic E-state index is -0.0270. The number of hydrogen-bond acceptors (Lipinski definition) is 1. The summed E-state index contributed by atoms with van der Waals surface area (Å²) >= 11 is 0. The van der Waals surface area contributed by atoms with Gasteiger partial charge < -0.3 is 10.3 Å². The Morgan fingerprint density at radius 1 is 1.14 bits per heavy atom. The first-order valence-electron chi connectivity index (χ1n) is 7.14. The minimum absolute atomic E-state index is 0.0270. The van der Waals surface area contributed by atoms with Gasteiger partial charge in [0.2, 0.25) is 0 Å². The summed E-state index contributed by atoms with van der Waals surface area (Å²) in [7, 11) is 0. The van der Waals surface area contributed by atoms with Crippen LogP contribution >= 0.6 is 0 Å². The van der Waals surface area contributed by atoms with Gasteiger partial charge in [0.05, 0.1) is 0 Å². The van der Waals surface area contributed by atoms with E-state index in [1.165, 1.54) is 5.56 Å². The monoisotopic (exact) mass is 278 g/mol. The summed E-state index contributed by atoms with van der Waals surface area (Å²) in [6.45, 7) is 2.75. The lowest BCUT2D eigenvalue weighted by Gasteiger charge is -2.13. The molecule has 0 aliphatic heterocycles. The van der Waals surface area contributed by atoms with Crippen molar-refractivity contribution < 1.29 is 4.79 Å². The van der Waals surface area contributed by atoms with Gasteiger partial charge in [0.1, 0.15) is 0 Å². The zero-order valence-electron chi connectivity index (χ0n) is 12.0. The van der Waals surface area contributed by atoms with Crippen molar-refractivity contribution in [1.29, 1.82) is 0 Å². The molecule has 3 heteroatoms. The van der Waals surface area contributed by atoms with Crippen molar-refractivity contribution in [3.05, 3.63) is 71.9 Å². The molecular weight excluding hydrogens is 260 g/mol. The molecule has 2 aromatic carbocycles. The number of carbonyl (C=O) groups is 1. The predicted octanol–water partition coefficient (Wildman–Crippen LogP) is 3.70. The van der Waals surface area contributed by atoms with Crippen LogP contribution < -0.4 is 5.32 Å². The molecule has 0 radical (unpaired) electrons. The van der Waals surface area contributed by atoms with Crippen molar-refractivity contribution in [3.8, 4) is 0 Å². The largest absolute Gasteiger partial charge is 0.361 e. The van der Waals surface area contributed by atoms with Gasteiger partial charge in [-0.15, -0.1) is 0 Å². The second-order valence-electron chi connectivity index (χ2n) is 5.30. The van der Waals surface area contributed by atoms with Gasteiger partial charge >= 0.3 is 0 Å². The third-order valence-electron chi connectivity index (χ3n) is 3.75. The van der Waals surface area contributed by atoms with Gasteiger partial charge in [-0.25, -0.2) is 0 Å². The van der Waals surface area contributed by atoms with E-state index in [2.05, 4.69) is 29.4 Å². The van der Waals surface area contributed by atoms with Crippen LogP contribution in [0.3, 0.4) is 0 Å². The number of nitrogens with one attached hydrogen (secondary N) is 2. The van der Waals surface area contributed by atoms with E-state index >= 15 is 0 Å². The number of carbonyl (C=O) groups excluding carboxylic acids is 1. The summed E-state index contributed by atoms with van der Waals surface area (Å²) in [6, 6.07) is 17.9. The summed E-state index contributed by atoms with van der Waals surface area (Å²) in [4.78, 5) is 15.4. The van der Waals surface area contributed by atoms with Crippen LogP contribution in [0.1, 0.15) is 28.8 Å². The van der Waals surface area contributed by atoms with Crippen molar-refractivity contribution >= 4 is 16.8 Å². The molecule has 0 saturated heterocycles. The van der Waals surface area contributed by atoms with E-state index in [1.807, 2.05) is 48.7 Å². The first-order chi connectivity index (χ1) is 10.2. The number of H-pyrrole nitrogens is 1. The van der Waals surface area contributed by atoms with Gasteiger partial charge in [0.15, 0.2) is 0 Å². The summed E-state index contributed by atoms with van der Waals surface area (Å²) in [5, 5.41) is 4.06. The Morgan fingerprint density at radius 3 is 2.76 bits per heavy atom. The molecular formula is C18H18N2O. The third kappa shape index (κ3) is 2.97. The first kappa shape index (κ1) is 13.4. The second-order valence-corrected chi connectivity index (χ2v) is 5.30. The summed E-state index contributed by atoms with van der Waals surface area (Å²) in [6.07, 6.45) is 1.88. The molecule has 1 heterocycles. The number of rotatable bonds is 4. The molecule has 0 saturated carbocycles. The highest BCUT2D eigenvalue weighted by Crippen LogP contribution is 2.16. The molecule has 0 bridgehead atoms. The highest BCUT2D eigenvalue weighted by molar-refractivity contribution is 5.98. The molecule has 3 aromatic rings. The molecule has 0 aliphatic carbocycles. The van der Waals surface area contributed by atoms with Crippen LogP contribution in [0.25, 0.3) is 10.9 Å². The van der Waals surface area contributed by atoms with Crippen LogP contribution in [0.4, 0.5) is 0 Å². The van der Waals surface area contributed by atoms with E-state index in [9.17, 15) is 4.79 Å². The molecule has 106 valence electrons. The molecule has 1 atom stereocenters. The van der Waals surface area contributed by atoms with E-state index in [1.54, 1.807) is 0 Å². The highest BCUT2D eigenvalue weighted by atomic mass is 16.1. The van der Waals surface area contributed by atoms with Crippen molar-refractivity contribution in [3.63, 3.8) is 0 Å². The average Bonchev–Trinajstić information content (AvgIpc) is 3.00. The standard InChI is InChI=1S/C18H18N2O/c1-13(14-5-3-2-4-6-14)12-20-18(21)16-7-8-17-15(11-16)9-10-19-17/h2-11,13,19H,12H2,1H3,(H,20,21). The fourth-order valence-electron chi connectivity index (χ4n) is 2.44. The predicted molar refractivity (Wildman–Crippen MR) is 85.5 cm³/mol. The smallest absolute Gasteiger partial charge is 0.251 e. The second kappa shape index (κ2) is 5.83. The average molecular weight is 278 g/mol. The van der Waals surface area contributed by atoms with Gasteiger partial charge in [-0.1, -0.05) is 37.3 Å². The normalized spacial score (nSPS) is 12.2. The lowest BCUT2D eigenvalue weighted by Crippen LogP contribution is -2.27. The number of benzene rings is 2. The van der Waals surface area contributed by atoms with Gasteiger partial charge in [0, 0.05) is 29.2 Å². The van der Waals surface area contributed by atoms with E-state index in [0.717, 1.165) is 10.9 Å². The van der Waals surface area contributed by atoms with Gasteiger partial charge in [-0.3, -0.25) is 4.79 Å². The zero-order chi connectivity index (χ0) is 14.7. The lowest BCUT2D eigenvalue weighted by atomic mass is 10.0. The van der Waals surface area contributed by atoms with Crippen LogP contribution in [0.5, 0.6) is 0 Å². The molecule has 2 N–H and O–H groups in total. The van der Waals surface area contributed by atoms with Gasteiger partial charge in [-0.2, -0.15) is 0 Å². The molecule has 0 aliphatic rings. The van der Waals surface area contributed by atoms with Crippen molar-refractivity contribution in [1.82, 2.24) is 10.3 Å². The van der Waals surface area contributed by atoms with Crippen LogP contribution in [-0.4, -0.2) is 17.4 Å². The van der Waals surface area contributed by atoms with Gasteiger partial charge in [-0.05, 0) is 35.7 Å². The van der Waals surface area contributed by atoms with Crippen LogP contribution in [0.15, 0.2) is 60.8 Å². The number of amides is 1. The maximum atomic E-state index is 12.2. The maximum Gasteiger partial charge on any atom is 0.251 e. The molecule has 21 heavy (non-hydrogen) atoms. The minimum Gasteiger partial charge on any atom is -0.361 e. The van der Waals surface area contributed by atoms with E-state index in [-0.39, 0.29) is 5.91 Å². The maximum absolute atomic E-state index is 12.2. The molecule has 0 spiro atoms. The van der Waals surface area contributed by atoms with Crippen molar-refractivity contribution in [2.24, 2.45) is 0 Å². The quantitative estimate of drug-likeness (QED) is 0.751.